The monoisotopic (exact) mass is 1070 g/mol. The number of esters is 3. The molecule has 0 spiro atoms. The molecule has 0 radical (unpaired) electrons. The van der Waals surface area contributed by atoms with Crippen molar-refractivity contribution in [2.24, 2.45) is 0 Å². The Morgan fingerprint density at radius 2 is 0.506 bits per heavy atom. The largest absolute Gasteiger partial charge is 0.462 e. The first-order chi connectivity index (χ1) is 38.0. The van der Waals surface area contributed by atoms with Gasteiger partial charge in [0.15, 0.2) is 6.10 Å². The van der Waals surface area contributed by atoms with E-state index in [1.165, 1.54) is 154 Å². The van der Waals surface area contributed by atoms with E-state index in [-0.39, 0.29) is 38.0 Å². The quantitative estimate of drug-likeness (QED) is 0.0261. The minimum Gasteiger partial charge on any atom is -0.462 e. The molecule has 0 aromatic rings. The van der Waals surface area contributed by atoms with Gasteiger partial charge in [0, 0.05) is 19.3 Å². The highest BCUT2D eigenvalue weighted by Gasteiger charge is 2.19. The van der Waals surface area contributed by atoms with Crippen LogP contribution in [0.4, 0.5) is 0 Å². The fourth-order valence-electron chi connectivity index (χ4n) is 8.78. The first-order valence-electron chi connectivity index (χ1n) is 32.0. The zero-order valence-corrected chi connectivity index (χ0v) is 50.2. The number of allylic oxidation sites excluding steroid dienone is 20. The molecule has 0 saturated carbocycles. The van der Waals surface area contributed by atoms with Gasteiger partial charge in [-0.3, -0.25) is 14.4 Å². The van der Waals surface area contributed by atoms with Crippen molar-refractivity contribution in [1.82, 2.24) is 0 Å². The van der Waals surface area contributed by atoms with Gasteiger partial charge in [0.25, 0.3) is 0 Å². The first-order valence-corrected chi connectivity index (χ1v) is 32.0. The Morgan fingerprint density at radius 3 is 0.792 bits per heavy atom. The number of hydrogen-bond donors (Lipinski definition) is 0. The third-order valence-corrected chi connectivity index (χ3v) is 13.5. The van der Waals surface area contributed by atoms with Gasteiger partial charge in [-0.1, -0.05) is 309 Å². The predicted octanol–water partition coefficient (Wildman–Crippen LogP) is 22.0. The number of unbranched alkanes of at least 4 members (excludes halogenated alkanes) is 26. The van der Waals surface area contributed by atoms with Crippen LogP contribution in [0.2, 0.25) is 0 Å². The Balaban J connectivity index is 4.38. The zero-order valence-electron chi connectivity index (χ0n) is 50.2. The Bertz CT molecular complexity index is 1600. The van der Waals surface area contributed by atoms with E-state index in [1.54, 1.807) is 0 Å². The standard InChI is InChI=1S/C71H118O6/c1-4-7-10-13-16-19-22-25-27-29-31-32-33-34-35-36-37-38-40-41-43-46-49-52-55-58-61-64-70(73)76-67-68(66-75-69(72)63-60-57-54-51-48-45-24-21-18-15-12-9-6-3)77-71(74)65-62-59-56-53-50-47-44-42-39-30-28-26-23-20-17-14-11-8-5-2/h8-9,11-12,17-18,20-21,26,28,39,42,45,47-48,50,54,56-57,59,68H,4-7,10,13-16,19,22-25,27,29-38,40-41,43-44,46,49,51-53,55,58,60-67H2,1-3H3/b11-8-,12-9-,20-17-,21-18-,28-26-,42-39-,48-45-,50-47-,57-54-,59-56-. The molecule has 77 heavy (non-hydrogen) atoms. The second-order valence-corrected chi connectivity index (χ2v) is 20.9. The lowest BCUT2D eigenvalue weighted by atomic mass is 10.0. The number of carbonyl (C=O) groups excluding carboxylic acids is 3. The second kappa shape index (κ2) is 64.3. The van der Waals surface area contributed by atoms with E-state index >= 15 is 0 Å². The molecular weight excluding hydrogens is 949 g/mol. The van der Waals surface area contributed by atoms with Crippen LogP contribution in [0.25, 0.3) is 0 Å². The normalized spacial score (nSPS) is 12.9. The maximum atomic E-state index is 12.8. The molecule has 0 bridgehead atoms. The van der Waals surface area contributed by atoms with Gasteiger partial charge in [-0.2, -0.15) is 0 Å². The van der Waals surface area contributed by atoms with Crippen LogP contribution in [-0.4, -0.2) is 37.2 Å². The third kappa shape index (κ3) is 62.5. The molecule has 0 fully saturated rings. The van der Waals surface area contributed by atoms with Crippen molar-refractivity contribution >= 4 is 17.9 Å². The van der Waals surface area contributed by atoms with Crippen molar-refractivity contribution in [3.8, 4) is 0 Å². The minimum atomic E-state index is -0.850. The zero-order chi connectivity index (χ0) is 55.7. The van der Waals surface area contributed by atoms with Crippen molar-refractivity contribution in [3.63, 3.8) is 0 Å². The summed E-state index contributed by atoms with van der Waals surface area (Å²) in [6.45, 7) is 6.30. The van der Waals surface area contributed by atoms with Crippen LogP contribution in [0.15, 0.2) is 122 Å². The minimum absolute atomic E-state index is 0.131. The van der Waals surface area contributed by atoms with Crippen LogP contribution < -0.4 is 0 Å². The fourth-order valence-corrected chi connectivity index (χ4v) is 8.78. The number of hydrogen-bond acceptors (Lipinski definition) is 6. The van der Waals surface area contributed by atoms with E-state index in [0.29, 0.717) is 19.3 Å². The molecule has 6 heteroatoms. The van der Waals surface area contributed by atoms with Crippen LogP contribution in [0.5, 0.6) is 0 Å². The van der Waals surface area contributed by atoms with Crippen molar-refractivity contribution in [2.75, 3.05) is 13.2 Å². The maximum absolute atomic E-state index is 12.8. The van der Waals surface area contributed by atoms with Gasteiger partial charge < -0.3 is 14.2 Å². The summed E-state index contributed by atoms with van der Waals surface area (Å²) in [5.41, 5.74) is 0. The van der Waals surface area contributed by atoms with Crippen LogP contribution in [0, 0.1) is 0 Å². The third-order valence-electron chi connectivity index (χ3n) is 13.5. The fraction of sp³-hybridized carbons (Fsp3) is 0.676. The van der Waals surface area contributed by atoms with Crippen molar-refractivity contribution in [1.29, 1.82) is 0 Å². The molecule has 0 rings (SSSR count). The van der Waals surface area contributed by atoms with Gasteiger partial charge in [-0.05, 0) is 83.5 Å². The average Bonchev–Trinajstić information content (AvgIpc) is 3.43. The highest BCUT2D eigenvalue weighted by atomic mass is 16.6. The van der Waals surface area contributed by atoms with Crippen LogP contribution >= 0.6 is 0 Å². The molecule has 6 nitrogen and oxygen atoms in total. The maximum Gasteiger partial charge on any atom is 0.306 e. The summed E-state index contributed by atoms with van der Waals surface area (Å²) >= 11 is 0. The SMILES string of the molecule is CC/C=C\C/C=C\C/C=C\C/C=C\C/C=C\C/C=C\CCC(=O)OC(COC(=O)CC/C=C\C/C=C\C/C=C\C/C=C\CC)COC(=O)CCCCCCCCCCCCCCCCCCCCCCCCCCCCC. The number of ether oxygens (including phenoxy) is 3. The molecule has 0 saturated heterocycles. The summed E-state index contributed by atoms with van der Waals surface area (Å²) in [6, 6.07) is 0. The van der Waals surface area contributed by atoms with Crippen LogP contribution in [-0.2, 0) is 28.6 Å². The molecular formula is C71H118O6. The second-order valence-electron chi connectivity index (χ2n) is 20.9. The molecule has 1 atom stereocenters. The van der Waals surface area contributed by atoms with Crippen molar-refractivity contribution in [3.05, 3.63) is 122 Å². The van der Waals surface area contributed by atoms with E-state index in [0.717, 1.165) is 83.5 Å². The lowest BCUT2D eigenvalue weighted by molar-refractivity contribution is -0.166. The van der Waals surface area contributed by atoms with Gasteiger partial charge in [-0.15, -0.1) is 0 Å². The van der Waals surface area contributed by atoms with E-state index in [9.17, 15) is 14.4 Å². The van der Waals surface area contributed by atoms with Gasteiger partial charge >= 0.3 is 17.9 Å². The Labute approximate surface area is 475 Å². The average molecular weight is 1070 g/mol. The highest BCUT2D eigenvalue weighted by Crippen LogP contribution is 2.17. The summed E-state index contributed by atoms with van der Waals surface area (Å²) < 4.78 is 16.7. The molecule has 0 aromatic carbocycles. The van der Waals surface area contributed by atoms with Crippen molar-refractivity contribution in [2.45, 2.75) is 297 Å². The van der Waals surface area contributed by atoms with Crippen molar-refractivity contribution < 1.29 is 28.6 Å². The molecule has 0 amide bonds. The Morgan fingerprint density at radius 1 is 0.273 bits per heavy atom. The molecule has 1 unspecified atom stereocenters. The lowest BCUT2D eigenvalue weighted by Crippen LogP contribution is -2.30. The molecule has 438 valence electrons. The van der Waals surface area contributed by atoms with E-state index in [1.807, 2.05) is 24.3 Å². The van der Waals surface area contributed by atoms with E-state index in [2.05, 4.69) is 118 Å². The topological polar surface area (TPSA) is 78.9 Å². The number of carbonyl (C=O) groups is 3. The Hall–Kier alpha value is -4.19. The first kappa shape index (κ1) is 72.8. The van der Waals surface area contributed by atoms with Gasteiger partial charge in [0.05, 0.1) is 0 Å². The molecule has 0 N–H and O–H groups in total. The number of rotatable bonds is 57. The molecule has 0 heterocycles. The summed E-state index contributed by atoms with van der Waals surface area (Å²) in [5.74, 6) is -1.10. The summed E-state index contributed by atoms with van der Waals surface area (Å²) in [5, 5.41) is 0. The predicted molar refractivity (Wildman–Crippen MR) is 334 cm³/mol. The lowest BCUT2D eigenvalue weighted by Gasteiger charge is -2.18. The highest BCUT2D eigenvalue weighted by molar-refractivity contribution is 5.71. The summed E-state index contributed by atoms with van der Waals surface area (Å²) in [7, 11) is 0. The molecule has 0 aromatic heterocycles. The summed E-state index contributed by atoms with van der Waals surface area (Å²) in [6.07, 6.45) is 89.7. The van der Waals surface area contributed by atoms with Gasteiger partial charge in [0.2, 0.25) is 0 Å². The van der Waals surface area contributed by atoms with Crippen LogP contribution in [0.1, 0.15) is 290 Å². The van der Waals surface area contributed by atoms with E-state index < -0.39 is 12.1 Å². The molecule has 0 aliphatic carbocycles. The smallest absolute Gasteiger partial charge is 0.306 e. The van der Waals surface area contributed by atoms with Crippen LogP contribution in [0.3, 0.4) is 0 Å². The van der Waals surface area contributed by atoms with Gasteiger partial charge in [-0.25, -0.2) is 0 Å². The van der Waals surface area contributed by atoms with E-state index in [4.69, 9.17) is 14.2 Å². The van der Waals surface area contributed by atoms with Gasteiger partial charge in [0.1, 0.15) is 13.2 Å². The molecule has 0 aliphatic heterocycles. The Kier molecular flexibility index (Phi) is 60.8. The molecule has 0 aliphatic rings. The summed E-state index contributed by atoms with van der Waals surface area (Å²) in [4.78, 5) is 38.2.